The Kier molecular flexibility index (Phi) is 4.43. The Morgan fingerprint density at radius 1 is 1.24 bits per heavy atom. The number of hydrogen-bond donors (Lipinski definition) is 1. The van der Waals surface area contributed by atoms with E-state index in [4.69, 9.17) is 17.3 Å². The number of rotatable bonds is 3. The molecule has 0 aromatic heterocycles. The third-order valence-electron chi connectivity index (χ3n) is 3.69. The van der Waals surface area contributed by atoms with Gasteiger partial charge >= 0.3 is 0 Å². The van der Waals surface area contributed by atoms with Crippen LogP contribution in [0.2, 0.25) is 5.02 Å². The van der Waals surface area contributed by atoms with Crippen LogP contribution in [0.4, 0.5) is 0 Å². The Morgan fingerprint density at radius 2 is 1.88 bits per heavy atom. The topological polar surface area (TPSA) is 29.3 Å². The third-order valence-corrected chi connectivity index (χ3v) is 3.94. The van der Waals surface area contributed by atoms with E-state index in [9.17, 15) is 0 Å². The standard InChI is InChI=1S/C14H21ClN2/c1-17(14-5-3-2-4-13(14)16)10-11-6-8-12(15)9-7-11/h6-9,13-14H,2-5,10,16H2,1H3. The van der Waals surface area contributed by atoms with Gasteiger partial charge in [0.15, 0.2) is 0 Å². The molecule has 0 amide bonds. The summed E-state index contributed by atoms with van der Waals surface area (Å²) in [7, 11) is 2.17. The van der Waals surface area contributed by atoms with E-state index in [1.807, 2.05) is 12.1 Å². The molecule has 0 radical (unpaired) electrons. The van der Waals surface area contributed by atoms with Crippen LogP contribution in [0, 0.1) is 0 Å². The van der Waals surface area contributed by atoms with Crippen LogP contribution in [0.25, 0.3) is 0 Å². The van der Waals surface area contributed by atoms with E-state index in [0.29, 0.717) is 12.1 Å². The van der Waals surface area contributed by atoms with Gasteiger partial charge in [0.05, 0.1) is 0 Å². The van der Waals surface area contributed by atoms with E-state index < -0.39 is 0 Å². The van der Waals surface area contributed by atoms with Crippen LogP contribution in [0.3, 0.4) is 0 Å². The van der Waals surface area contributed by atoms with Crippen molar-refractivity contribution in [2.45, 2.75) is 44.3 Å². The molecule has 0 bridgehead atoms. The molecule has 2 unspecified atom stereocenters. The van der Waals surface area contributed by atoms with Crippen LogP contribution in [-0.4, -0.2) is 24.0 Å². The third kappa shape index (κ3) is 3.44. The molecule has 2 atom stereocenters. The molecule has 0 aliphatic heterocycles. The monoisotopic (exact) mass is 252 g/mol. The Bertz CT molecular complexity index is 350. The summed E-state index contributed by atoms with van der Waals surface area (Å²) in [4.78, 5) is 2.38. The minimum Gasteiger partial charge on any atom is -0.326 e. The minimum atomic E-state index is 0.334. The highest BCUT2D eigenvalue weighted by molar-refractivity contribution is 6.30. The maximum absolute atomic E-state index is 6.19. The van der Waals surface area contributed by atoms with Crippen LogP contribution in [0.1, 0.15) is 31.2 Å². The molecule has 1 fully saturated rings. The first kappa shape index (κ1) is 12.9. The van der Waals surface area contributed by atoms with Gasteiger partial charge < -0.3 is 5.73 Å². The fourth-order valence-electron chi connectivity index (χ4n) is 2.68. The van der Waals surface area contributed by atoms with E-state index >= 15 is 0 Å². The van der Waals surface area contributed by atoms with Crippen LogP contribution in [0.5, 0.6) is 0 Å². The number of halogens is 1. The maximum atomic E-state index is 6.19. The molecule has 2 N–H and O–H groups in total. The van der Waals surface area contributed by atoms with Gasteiger partial charge in [-0.05, 0) is 37.6 Å². The summed E-state index contributed by atoms with van der Waals surface area (Å²) in [5.41, 5.74) is 7.50. The van der Waals surface area contributed by atoms with Gasteiger partial charge in [0, 0.05) is 23.7 Å². The predicted octanol–water partition coefficient (Wildman–Crippen LogP) is 3.04. The van der Waals surface area contributed by atoms with E-state index in [-0.39, 0.29) is 0 Å². The zero-order valence-electron chi connectivity index (χ0n) is 10.4. The van der Waals surface area contributed by atoms with E-state index in [2.05, 4.69) is 24.1 Å². The van der Waals surface area contributed by atoms with Crippen molar-refractivity contribution in [3.8, 4) is 0 Å². The van der Waals surface area contributed by atoms with Crippen molar-refractivity contribution in [3.05, 3.63) is 34.9 Å². The molecule has 1 aliphatic rings. The smallest absolute Gasteiger partial charge is 0.0406 e. The lowest BCUT2D eigenvalue weighted by atomic mass is 9.90. The second-order valence-electron chi connectivity index (χ2n) is 5.06. The molecular weight excluding hydrogens is 232 g/mol. The Morgan fingerprint density at radius 3 is 2.53 bits per heavy atom. The highest BCUT2D eigenvalue weighted by Gasteiger charge is 2.25. The van der Waals surface area contributed by atoms with Crippen molar-refractivity contribution in [1.29, 1.82) is 0 Å². The quantitative estimate of drug-likeness (QED) is 0.896. The molecule has 1 aromatic rings. The molecule has 1 saturated carbocycles. The molecule has 0 heterocycles. The Balaban J connectivity index is 1.95. The second-order valence-corrected chi connectivity index (χ2v) is 5.49. The summed E-state index contributed by atoms with van der Waals surface area (Å²) >= 11 is 5.89. The van der Waals surface area contributed by atoms with Gasteiger partial charge in [0.25, 0.3) is 0 Å². The van der Waals surface area contributed by atoms with Gasteiger partial charge in [-0.25, -0.2) is 0 Å². The van der Waals surface area contributed by atoms with Gasteiger partial charge in [0.1, 0.15) is 0 Å². The lowest BCUT2D eigenvalue weighted by Gasteiger charge is -2.36. The molecule has 2 rings (SSSR count). The van der Waals surface area contributed by atoms with Crippen molar-refractivity contribution in [2.24, 2.45) is 5.73 Å². The van der Waals surface area contributed by atoms with Crippen LogP contribution >= 0.6 is 11.6 Å². The van der Waals surface area contributed by atoms with Gasteiger partial charge in [-0.1, -0.05) is 36.6 Å². The highest BCUT2D eigenvalue weighted by Crippen LogP contribution is 2.22. The first-order valence-corrected chi connectivity index (χ1v) is 6.75. The summed E-state index contributed by atoms with van der Waals surface area (Å²) in [6.45, 7) is 0.954. The lowest BCUT2D eigenvalue weighted by Crippen LogP contribution is -2.47. The van der Waals surface area contributed by atoms with E-state index in [1.54, 1.807) is 0 Å². The van der Waals surface area contributed by atoms with Crippen molar-refractivity contribution in [1.82, 2.24) is 4.90 Å². The Labute approximate surface area is 109 Å². The highest BCUT2D eigenvalue weighted by atomic mass is 35.5. The maximum Gasteiger partial charge on any atom is 0.0406 e. The molecule has 3 heteroatoms. The van der Waals surface area contributed by atoms with E-state index in [0.717, 1.165) is 18.0 Å². The average Bonchev–Trinajstić information content (AvgIpc) is 2.32. The Hall–Kier alpha value is -0.570. The van der Waals surface area contributed by atoms with Crippen LogP contribution in [-0.2, 0) is 6.54 Å². The van der Waals surface area contributed by atoms with Crippen molar-refractivity contribution in [3.63, 3.8) is 0 Å². The first-order valence-electron chi connectivity index (χ1n) is 6.37. The summed E-state index contributed by atoms with van der Waals surface area (Å²) < 4.78 is 0. The van der Waals surface area contributed by atoms with Crippen molar-refractivity contribution >= 4 is 11.6 Å². The van der Waals surface area contributed by atoms with Crippen molar-refractivity contribution in [2.75, 3.05) is 7.05 Å². The fraction of sp³-hybridized carbons (Fsp3) is 0.571. The van der Waals surface area contributed by atoms with Gasteiger partial charge in [0.2, 0.25) is 0 Å². The number of nitrogens with two attached hydrogens (primary N) is 1. The molecule has 2 nitrogen and oxygen atoms in total. The van der Waals surface area contributed by atoms with Crippen molar-refractivity contribution < 1.29 is 0 Å². The number of nitrogens with zero attached hydrogens (tertiary/aromatic N) is 1. The number of hydrogen-bond acceptors (Lipinski definition) is 2. The molecule has 94 valence electrons. The number of likely N-dealkylation sites (N-methyl/N-ethyl adjacent to an activating group) is 1. The molecule has 0 spiro atoms. The van der Waals surface area contributed by atoms with Gasteiger partial charge in [-0.2, -0.15) is 0 Å². The first-order chi connectivity index (χ1) is 8.16. The zero-order chi connectivity index (χ0) is 12.3. The second kappa shape index (κ2) is 5.85. The predicted molar refractivity (Wildman–Crippen MR) is 73.2 cm³/mol. The van der Waals surface area contributed by atoms with E-state index in [1.165, 1.54) is 24.8 Å². The lowest BCUT2D eigenvalue weighted by molar-refractivity contribution is 0.162. The summed E-state index contributed by atoms with van der Waals surface area (Å²) in [6.07, 6.45) is 4.98. The summed E-state index contributed by atoms with van der Waals surface area (Å²) in [6, 6.07) is 8.94. The SMILES string of the molecule is CN(Cc1ccc(Cl)cc1)C1CCCCC1N. The summed E-state index contributed by atoms with van der Waals surface area (Å²) in [5.74, 6) is 0. The minimum absolute atomic E-state index is 0.334. The molecule has 0 saturated heterocycles. The molecule has 1 aromatic carbocycles. The van der Waals surface area contributed by atoms with Gasteiger partial charge in [-0.15, -0.1) is 0 Å². The largest absolute Gasteiger partial charge is 0.326 e. The van der Waals surface area contributed by atoms with Crippen LogP contribution < -0.4 is 5.73 Å². The fourth-order valence-corrected chi connectivity index (χ4v) is 2.81. The molecular formula is C14H21ClN2. The van der Waals surface area contributed by atoms with Crippen LogP contribution in [0.15, 0.2) is 24.3 Å². The molecule has 17 heavy (non-hydrogen) atoms. The summed E-state index contributed by atoms with van der Waals surface area (Å²) in [5, 5.41) is 0.797. The van der Waals surface area contributed by atoms with Gasteiger partial charge in [-0.3, -0.25) is 4.90 Å². The molecule has 1 aliphatic carbocycles. The normalized spacial score (nSPS) is 25.2. The number of benzene rings is 1. The average molecular weight is 253 g/mol. The zero-order valence-corrected chi connectivity index (χ0v) is 11.2.